The number of hydrogen-bond donors (Lipinski definition) is 1. The van der Waals surface area contributed by atoms with Crippen molar-refractivity contribution in [2.24, 2.45) is 0 Å². The van der Waals surface area contributed by atoms with Crippen LogP contribution in [0, 0.1) is 13.8 Å². The van der Waals surface area contributed by atoms with Crippen molar-refractivity contribution < 1.29 is 18.0 Å². The summed E-state index contributed by atoms with van der Waals surface area (Å²) in [5.74, 6) is -0.693. The summed E-state index contributed by atoms with van der Waals surface area (Å²) in [6.45, 7) is 7.92. The quantitative estimate of drug-likeness (QED) is 0.508. The Morgan fingerprint density at radius 1 is 1.03 bits per heavy atom. The summed E-state index contributed by atoms with van der Waals surface area (Å²) in [7, 11) is -2.46. The largest absolute Gasteiger partial charge is 0.354 e. The Labute approximate surface area is 197 Å². The van der Waals surface area contributed by atoms with Gasteiger partial charge in [0.05, 0.1) is 11.4 Å². The molecule has 1 N–H and O–H groups in total. The van der Waals surface area contributed by atoms with E-state index in [1.807, 2.05) is 45.0 Å². The minimum atomic E-state index is -3.84. The van der Waals surface area contributed by atoms with Gasteiger partial charge in [-0.25, -0.2) is 8.42 Å². The van der Waals surface area contributed by atoms with E-state index in [-0.39, 0.29) is 23.9 Å². The Hall–Kier alpha value is -2.71. The van der Waals surface area contributed by atoms with Crippen LogP contribution in [-0.2, 0) is 26.2 Å². The number of aryl methyl sites for hydroxylation is 2. The van der Waals surface area contributed by atoms with Gasteiger partial charge in [-0.2, -0.15) is 4.31 Å². The molecule has 0 aliphatic rings. The Morgan fingerprint density at radius 2 is 1.70 bits per heavy atom. The molecule has 0 fully saturated rings. The fraction of sp³-hybridized carbons (Fsp3) is 0.440. The normalized spacial score (nSPS) is 12.4. The van der Waals surface area contributed by atoms with Gasteiger partial charge in [0, 0.05) is 20.1 Å². The average molecular weight is 474 g/mol. The van der Waals surface area contributed by atoms with E-state index < -0.39 is 22.0 Å². The van der Waals surface area contributed by atoms with Crippen molar-refractivity contribution in [2.45, 2.75) is 58.0 Å². The van der Waals surface area contributed by atoms with Gasteiger partial charge in [-0.1, -0.05) is 60.9 Å². The second-order valence-corrected chi connectivity index (χ2v) is 10.5. The van der Waals surface area contributed by atoms with Crippen LogP contribution in [-0.4, -0.2) is 55.6 Å². The zero-order chi connectivity index (χ0) is 24.6. The number of rotatable bonds is 11. The molecule has 33 heavy (non-hydrogen) atoms. The molecule has 2 aromatic carbocycles. The van der Waals surface area contributed by atoms with Crippen LogP contribution >= 0.6 is 0 Å². The summed E-state index contributed by atoms with van der Waals surface area (Å²) in [5.41, 5.74) is 2.86. The molecule has 0 spiro atoms. The maximum Gasteiger partial charge on any atom is 0.243 e. The molecular formula is C25H35N3O4S. The lowest BCUT2D eigenvalue weighted by Crippen LogP contribution is -2.50. The predicted octanol–water partition coefficient (Wildman–Crippen LogP) is 3.26. The van der Waals surface area contributed by atoms with Crippen LogP contribution in [0.1, 0.15) is 43.4 Å². The van der Waals surface area contributed by atoms with Crippen LogP contribution in [0.3, 0.4) is 0 Å². The summed E-state index contributed by atoms with van der Waals surface area (Å²) in [6, 6.07) is 13.4. The average Bonchev–Trinajstić information content (AvgIpc) is 2.77. The SMILES string of the molecule is CCCCNC(=O)[C@H](C)N(Cc1cccc(C)c1)C(=O)CN(C)S(=O)(=O)c1ccc(C)cc1. The van der Waals surface area contributed by atoms with Gasteiger partial charge in [0.15, 0.2) is 0 Å². The molecule has 7 nitrogen and oxygen atoms in total. The maximum atomic E-state index is 13.3. The first-order chi connectivity index (χ1) is 15.6. The molecule has 2 rings (SSSR count). The van der Waals surface area contributed by atoms with Crippen molar-refractivity contribution >= 4 is 21.8 Å². The highest BCUT2D eigenvalue weighted by Crippen LogP contribution is 2.17. The highest BCUT2D eigenvalue weighted by atomic mass is 32.2. The van der Waals surface area contributed by atoms with Gasteiger partial charge in [-0.3, -0.25) is 9.59 Å². The number of likely N-dealkylation sites (N-methyl/N-ethyl adjacent to an activating group) is 1. The molecule has 0 aromatic heterocycles. The van der Waals surface area contributed by atoms with Crippen molar-refractivity contribution in [3.63, 3.8) is 0 Å². The summed E-state index contributed by atoms with van der Waals surface area (Å²) in [6.07, 6.45) is 1.80. The number of amides is 2. The van der Waals surface area contributed by atoms with Crippen LogP contribution in [0.15, 0.2) is 53.4 Å². The van der Waals surface area contributed by atoms with E-state index in [4.69, 9.17) is 0 Å². The molecule has 0 unspecified atom stereocenters. The first-order valence-corrected chi connectivity index (χ1v) is 12.7. The summed E-state index contributed by atoms with van der Waals surface area (Å²) < 4.78 is 26.9. The first-order valence-electron chi connectivity index (χ1n) is 11.2. The predicted molar refractivity (Wildman–Crippen MR) is 130 cm³/mol. The Morgan fingerprint density at radius 3 is 2.30 bits per heavy atom. The monoisotopic (exact) mass is 473 g/mol. The van der Waals surface area contributed by atoms with E-state index >= 15 is 0 Å². The Kier molecular flexibility index (Phi) is 9.61. The van der Waals surface area contributed by atoms with Crippen molar-refractivity contribution in [3.8, 4) is 0 Å². The first kappa shape index (κ1) is 26.5. The number of sulfonamides is 1. The standard InChI is InChI=1S/C25H35N3O4S/c1-6-7-15-26-25(30)21(4)28(17-22-10-8-9-20(3)16-22)24(29)18-27(5)33(31,32)23-13-11-19(2)12-14-23/h8-14,16,21H,6-7,15,17-18H2,1-5H3,(H,26,30)/t21-/m0/s1. The molecule has 180 valence electrons. The van der Waals surface area contributed by atoms with Gasteiger partial charge in [0.25, 0.3) is 0 Å². The van der Waals surface area contributed by atoms with Crippen LogP contribution in [0.4, 0.5) is 0 Å². The summed E-state index contributed by atoms with van der Waals surface area (Å²) in [4.78, 5) is 27.6. The minimum Gasteiger partial charge on any atom is -0.354 e. The van der Waals surface area contributed by atoms with E-state index in [2.05, 4.69) is 5.32 Å². The summed E-state index contributed by atoms with van der Waals surface area (Å²) in [5, 5.41) is 2.87. The number of carbonyl (C=O) groups is 2. The van der Waals surface area contributed by atoms with Crippen LogP contribution < -0.4 is 5.32 Å². The van der Waals surface area contributed by atoms with Gasteiger partial charge in [-0.15, -0.1) is 0 Å². The van der Waals surface area contributed by atoms with E-state index in [0.29, 0.717) is 6.54 Å². The molecule has 0 saturated heterocycles. The number of carbonyl (C=O) groups excluding carboxylic acids is 2. The number of unbranched alkanes of at least 4 members (excludes halogenated alkanes) is 1. The fourth-order valence-electron chi connectivity index (χ4n) is 3.38. The van der Waals surface area contributed by atoms with E-state index in [0.717, 1.165) is 33.8 Å². The summed E-state index contributed by atoms with van der Waals surface area (Å²) >= 11 is 0. The van der Waals surface area contributed by atoms with Crippen molar-refractivity contribution in [2.75, 3.05) is 20.1 Å². The third-order valence-corrected chi connectivity index (χ3v) is 7.34. The number of benzene rings is 2. The molecule has 0 radical (unpaired) electrons. The third-order valence-electron chi connectivity index (χ3n) is 5.52. The highest BCUT2D eigenvalue weighted by molar-refractivity contribution is 7.89. The smallest absolute Gasteiger partial charge is 0.243 e. The van der Waals surface area contributed by atoms with Gasteiger partial charge in [0.2, 0.25) is 21.8 Å². The molecule has 0 heterocycles. The van der Waals surface area contributed by atoms with Crippen molar-refractivity contribution in [3.05, 3.63) is 65.2 Å². The molecule has 0 aliphatic carbocycles. The lowest BCUT2D eigenvalue weighted by atomic mass is 10.1. The number of nitrogens with one attached hydrogen (secondary N) is 1. The zero-order valence-electron chi connectivity index (χ0n) is 20.2. The second kappa shape index (κ2) is 12.0. The third kappa shape index (κ3) is 7.40. The molecule has 1 atom stereocenters. The molecule has 2 amide bonds. The van der Waals surface area contributed by atoms with E-state index in [9.17, 15) is 18.0 Å². The molecular weight excluding hydrogens is 438 g/mol. The second-order valence-electron chi connectivity index (χ2n) is 8.41. The molecule has 8 heteroatoms. The minimum absolute atomic E-state index is 0.124. The lowest BCUT2D eigenvalue weighted by molar-refractivity contribution is -0.140. The van der Waals surface area contributed by atoms with Crippen molar-refractivity contribution in [1.29, 1.82) is 0 Å². The van der Waals surface area contributed by atoms with Crippen LogP contribution in [0.2, 0.25) is 0 Å². The van der Waals surface area contributed by atoms with Gasteiger partial charge in [-0.05, 0) is 44.9 Å². The fourth-order valence-corrected chi connectivity index (χ4v) is 4.50. The lowest BCUT2D eigenvalue weighted by Gasteiger charge is -2.30. The Bertz CT molecular complexity index is 1050. The van der Waals surface area contributed by atoms with Crippen LogP contribution in [0.5, 0.6) is 0 Å². The Balaban J connectivity index is 2.24. The zero-order valence-corrected chi connectivity index (χ0v) is 21.0. The van der Waals surface area contributed by atoms with Gasteiger partial charge in [0.1, 0.15) is 6.04 Å². The van der Waals surface area contributed by atoms with E-state index in [1.165, 1.54) is 24.1 Å². The number of hydrogen-bond acceptors (Lipinski definition) is 4. The van der Waals surface area contributed by atoms with Gasteiger partial charge < -0.3 is 10.2 Å². The molecule has 2 aromatic rings. The van der Waals surface area contributed by atoms with Gasteiger partial charge >= 0.3 is 0 Å². The van der Waals surface area contributed by atoms with Crippen LogP contribution in [0.25, 0.3) is 0 Å². The molecule has 0 saturated carbocycles. The number of nitrogens with zero attached hydrogens (tertiary/aromatic N) is 2. The maximum absolute atomic E-state index is 13.3. The topological polar surface area (TPSA) is 86.8 Å². The highest BCUT2D eigenvalue weighted by Gasteiger charge is 2.30. The molecule has 0 bridgehead atoms. The van der Waals surface area contributed by atoms with E-state index in [1.54, 1.807) is 19.1 Å². The molecule has 0 aliphatic heterocycles. The van der Waals surface area contributed by atoms with Crippen molar-refractivity contribution in [1.82, 2.24) is 14.5 Å².